The first-order chi connectivity index (χ1) is 16.4. The lowest BCUT2D eigenvalue weighted by atomic mass is 9.99. The molecule has 0 aliphatic rings. The third-order valence-electron chi connectivity index (χ3n) is 5.04. The largest absolute Gasteiger partial charge is 0.447 e. The van der Waals surface area contributed by atoms with Gasteiger partial charge < -0.3 is 20.1 Å². The van der Waals surface area contributed by atoms with Crippen LogP contribution in [0.15, 0.2) is 36.4 Å². The Labute approximate surface area is 209 Å². The monoisotopic (exact) mass is 526 g/mol. The number of anilines is 1. The van der Waals surface area contributed by atoms with E-state index in [-0.39, 0.29) is 30.2 Å². The lowest BCUT2D eigenvalue weighted by molar-refractivity contribution is 0.0277. The van der Waals surface area contributed by atoms with Gasteiger partial charge in [-0.15, -0.1) is 0 Å². The van der Waals surface area contributed by atoms with Crippen LogP contribution in [-0.4, -0.2) is 52.4 Å². The van der Waals surface area contributed by atoms with Crippen molar-refractivity contribution in [2.45, 2.75) is 38.5 Å². The molecule has 0 fully saturated rings. The molecule has 1 heterocycles. The van der Waals surface area contributed by atoms with Crippen molar-refractivity contribution in [1.82, 2.24) is 15.2 Å². The number of nitrogens with zero attached hydrogens (tertiary/aromatic N) is 2. The van der Waals surface area contributed by atoms with Crippen LogP contribution >= 0.6 is 22.9 Å². The Morgan fingerprint density at radius 2 is 1.94 bits per heavy atom. The van der Waals surface area contributed by atoms with Crippen LogP contribution in [0, 0.1) is 11.6 Å². The van der Waals surface area contributed by atoms with E-state index in [1.54, 1.807) is 38.1 Å². The number of fused-ring (bicyclic) bond motifs is 1. The van der Waals surface area contributed by atoms with E-state index in [9.17, 15) is 23.5 Å². The van der Waals surface area contributed by atoms with Crippen molar-refractivity contribution in [1.29, 1.82) is 0 Å². The summed E-state index contributed by atoms with van der Waals surface area (Å²) in [6, 6.07) is 7.92. The average molecular weight is 527 g/mol. The summed E-state index contributed by atoms with van der Waals surface area (Å²) >= 11 is 7.08. The van der Waals surface area contributed by atoms with Crippen molar-refractivity contribution in [3.8, 4) is 0 Å². The van der Waals surface area contributed by atoms with Gasteiger partial charge in [-0.3, -0.25) is 5.32 Å². The number of nitrogens with one attached hydrogen (secondary N) is 2. The van der Waals surface area contributed by atoms with Gasteiger partial charge in [-0.05, 0) is 38.0 Å². The molecule has 2 aromatic carbocycles. The molecule has 3 aromatic rings. The molecule has 3 N–H and O–H groups in total. The van der Waals surface area contributed by atoms with E-state index in [4.69, 9.17) is 16.3 Å². The zero-order valence-corrected chi connectivity index (χ0v) is 20.8. The van der Waals surface area contributed by atoms with Gasteiger partial charge in [0.1, 0.15) is 6.61 Å². The summed E-state index contributed by atoms with van der Waals surface area (Å²) in [4.78, 5) is 30.4. The molecule has 3 amide bonds. The summed E-state index contributed by atoms with van der Waals surface area (Å²) in [6.07, 6.45) is -0.744. The average Bonchev–Trinajstić information content (AvgIpc) is 3.15. The van der Waals surface area contributed by atoms with E-state index in [1.807, 2.05) is 0 Å². The van der Waals surface area contributed by atoms with Crippen LogP contribution in [-0.2, 0) is 11.3 Å². The van der Waals surface area contributed by atoms with Crippen molar-refractivity contribution < 1.29 is 28.2 Å². The Hall–Kier alpha value is -3.02. The summed E-state index contributed by atoms with van der Waals surface area (Å²) in [5.41, 5.74) is -0.219. The number of rotatable bonds is 8. The fourth-order valence-electron chi connectivity index (χ4n) is 3.26. The summed E-state index contributed by atoms with van der Waals surface area (Å²) in [5, 5.41) is 16.1. The number of carbonyl (C=O) groups is 2. The predicted octanol–water partition coefficient (Wildman–Crippen LogP) is 5.15. The molecule has 8 nitrogen and oxygen atoms in total. The fraction of sp³-hybridized carbons (Fsp3) is 0.348. The fourth-order valence-corrected chi connectivity index (χ4v) is 4.32. The second-order valence-corrected chi connectivity index (χ2v) is 9.95. The molecule has 1 atom stereocenters. The summed E-state index contributed by atoms with van der Waals surface area (Å²) in [7, 11) is 1.52. The number of hydrogen-bond acceptors (Lipinski definition) is 6. The number of ether oxygens (including phenoxy) is 1. The highest BCUT2D eigenvalue weighted by molar-refractivity contribution is 7.22. The first kappa shape index (κ1) is 26.6. The van der Waals surface area contributed by atoms with Crippen LogP contribution in [0.3, 0.4) is 0 Å². The minimum Gasteiger partial charge on any atom is -0.447 e. The summed E-state index contributed by atoms with van der Waals surface area (Å²) in [5.74, 6) is -2.05. The van der Waals surface area contributed by atoms with Crippen LogP contribution in [0.2, 0.25) is 5.02 Å². The lowest BCUT2D eigenvalue weighted by Crippen LogP contribution is -2.48. The maximum atomic E-state index is 13.4. The van der Waals surface area contributed by atoms with E-state index in [0.29, 0.717) is 9.72 Å². The number of urea groups is 1. The molecule has 12 heteroatoms. The molecule has 0 aliphatic heterocycles. The van der Waals surface area contributed by atoms with Crippen molar-refractivity contribution in [2.75, 3.05) is 19.0 Å². The molecule has 1 aromatic heterocycles. The number of aromatic nitrogens is 1. The number of benzene rings is 2. The number of carbonyl (C=O) groups excluding carboxylic acids is 2. The molecule has 0 unspecified atom stereocenters. The second-order valence-electron chi connectivity index (χ2n) is 8.51. The number of halogens is 3. The highest BCUT2D eigenvalue weighted by Crippen LogP contribution is 2.28. The molecule has 0 aliphatic carbocycles. The van der Waals surface area contributed by atoms with Gasteiger partial charge in [0.25, 0.3) is 0 Å². The molecule has 188 valence electrons. The minimum absolute atomic E-state index is 0.0971. The first-order valence-corrected chi connectivity index (χ1v) is 11.8. The highest BCUT2D eigenvalue weighted by Gasteiger charge is 2.28. The maximum absolute atomic E-state index is 13.4. The third kappa shape index (κ3) is 7.48. The van der Waals surface area contributed by atoms with E-state index in [0.717, 1.165) is 29.0 Å². The zero-order chi connectivity index (χ0) is 25.8. The number of thiazole rings is 1. The Kier molecular flexibility index (Phi) is 8.47. The quantitative estimate of drug-likeness (QED) is 0.377. The molecule has 35 heavy (non-hydrogen) atoms. The molecule has 3 rings (SSSR count). The molecule has 0 saturated heterocycles. The zero-order valence-electron chi connectivity index (χ0n) is 19.3. The summed E-state index contributed by atoms with van der Waals surface area (Å²) in [6.45, 7) is 3.13. The Morgan fingerprint density at radius 1 is 1.26 bits per heavy atom. The molecular formula is C23H25ClF2N4O4S. The molecule has 0 bridgehead atoms. The number of likely N-dealkylation sites (N-methyl/N-ethyl adjacent to an activating group) is 1. The Bertz CT molecular complexity index is 1180. The van der Waals surface area contributed by atoms with Gasteiger partial charge in [-0.2, -0.15) is 0 Å². The van der Waals surface area contributed by atoms with Gasteiger partial charge in [0, 0.05) is 24.7 Å². The smallest absolute Gasteiger partial charge is 0.413 e. The van der Waals surface area contributed by atoms with Gasteiger partial charge in [0.15, 0.2) is 16.8 Å². The van der Waals surface area contributed by atoms with Gasteiger partial charge in [-0.1, -0.05) is 41.1 Å². The number of hydrogen-bond donors (Lipinski definition) is 3. The SMILES string of the molecule is CN(C(=O)NCc1ccccc1Cl)[C@H](COC(=O)Nc1nc2cc(F)c(F)cc2s1)CC(C)(C)O. The van der Waals surface area contributed by atoms with E-state index in [2.05, 4.69) is 15.6 Å². The lowest BCUT2D eigenvalue weighted by Gasteiger charge is -2.32. The molecule has 0 saturated carbocycles. The summed E-state index contributed by atoms with van der Waals surface area (Å²) < 4.78 is 32.4. The third-order valence-corrected chi connectivity index (χ3v) is 6.34. The van der Waals surface area contributed by atoms with Gasteiger partial charge in [0.05, 0.1) is 21.9 Å². The topological polar surface area (TPSA) is 104 Å². The van der Waals surface area contributed by atoms with Crippen LogP contribution in [0.1, 0.15) is 25.8 Å². The number of amides is 3. The van der Waals surface area contributed by atoms with E-state index in [1.165, 1.54) is 11.9 Å². The standard InChI is InChI=1S/C23H25ClF2N4O4S/c1-23(2,33)10-14(30(3)21(31)27-11-13-6-4-5-7-15(13)24)12-34-22(32)29-20-28-18-8-16(25)17(26)9-19(18)35-20/h4-9,14,33H,10-12H2,1-3H3,(H,27,31)(H,28,29,32)/t14-/m0/s1. The van der Waals surface area contributed by atoms with Crippen molar-refractivity contribution >= 4 is 50.4 Å². The predicted molar refractivity (Wildman–Crippen MR) is 131 cm³/mol. The Morgan fingerprint density at radius 3 is 2.63 bits per heavy atom. The molecule has 0 radical (unpaired) electrons. The van der Waals surface area contributed by atoms with Crippen molar-refractivity contribution in [3.63, 3.8) is 0 Å². The second kappa shape index (κ2) is 11.1. The number of aliphatic hydroxyl groups is 1. The Balaban J connectivity index is 1.61. The van der Waals surface area contributed by atoms with Crippen LogP contribution in [0.4, 0.5) is 23.5 Å². The minimum atomic E-state index is -1.15. The van der Waals surface area contributed by atoms with Crippen LogP contribution in [0.5, 0.6) is 0 Å². The molecule has 0 spiro atoms. The van der Waals surface area contributed by atoms with E-state index >= 15 is 0 Å². The van der Waals surface area contributed by atoms with Crippen LogP contribution < -0.4 is 10.6 Å². The van der Waals surface area contributed by atoms with Gasteiger partial charge in [0.2, 0.25) is 0 Å². The van der Waals surface area contributed by atoms with Crippen molar-refractivity contribution in [3.05, 3.63) is 58.6 Å². The maximum Gasteiger partial charge on any atom is 0.413 e. The first-order valence-electron chi connectivity index (χ1n) is 10.6. The van der Waals surface area contributed by atoms with E-state index < -0.39 is 35.4 Å². The van der Waals surface area contributed by atoms with Crippen molar-refractivity contribution in [2.24, 2.45) is 0 Å². The highest BCUT2D eigenvalue weighted by atomic mass is 35.5. The van der Waals surface area contributed by atoms with Gasteiger partial charge >= 0.3 is 12.1 Å². The van der Waals surface area contributed by atoms with Gasteiger partial charge in [-0.25, -0.2) is 23.4 Å². The van der Waals surface area contributed by atoms with Crippen LogP contribution in [0.25, 0.3) is 10.2 Å². The molecular weight excluding hydrogens is 502 g/mol. The normalized spacial score (nSPS) is 12.3.